The van der Waals surface area contributed by atoms with Gasteiger partial charge in [-0.3, -0.25) is 0 Å². The van der Waals surface area contributed by atoms with E-state index in [9.17, 15) is 8.42 Å². The first-order valence-corrected chi connectivity index (χ1v) is 7.98. The maximum Gasteiger partial charge on any atom is 0.212 e. The minimum Gasteiger partial charge on any atom is -0.316 e. The van der Waals surface area contributed by atoms with Crippen molar-refractivity contribution >= 4 is 10.0 Å². The molecule has 0 aromatic rings. The second kappa shape index (κ2) is 4.86. The zero-order valence-electron chi connectivity index (χ0n) is 11.6. The van der Waals surface area contributed by atoms with E-state index >= 15 is 0 Å². The minimum atomic E-state index is -3.12. The Morgan fingerprint density at radius 3 is 2.06 bits per heavy atom. The maximum absolute atomic E-state index is 11.7. The highest BCUT2D eigenvalue weighted by Crippen LogP contribution is 2.67. The summed E-state index contributed by atoms with van der Waals surface area (Å²) in [5, 5.41) is 3.02. The molecular formula is C12H26N2O2S. The summed E-state index contributed by atoms with van der Waals surface area (Å²) in [7, 11) is -3.12. The van der Waals surface area contributed by atoms with Gasteiger partial charge in [0.15, 0.2) is 0 Å². The normalized spacial score (nSPS) is 22.6. The van der Waals surface area contributed by atoms with Crippen LogP contribution >= 0.6 is 0 Å². The Morgan fingerprint density at radius 1 is 1.12 bits per heavy atom. The van der Waals surface area contributed by atoms with Gasteiger partial charge in [-0.2, -0.15) is 0 Å². The molecule has 1 aliphatic carbocycles. The summed E-state index contributed by atoms with van der Waals surface area (Å²) in [6.45, 7) is 12.6. The average molecular weight is 262 g/mol. The van der Waals surface area contributed by atoms with Crippen LogP contribution in [0.1, 0.15) is 34.6 Å². The van der Waals surface area contributed by atoms with Gasteiger partial charge < -0.3 is 5.32 Å². The number of hydrogen-bond donors (Lipinski definition) is 2. The maximum atomic E-state index is 11.7. The van der Waals surface area contributed by atoms with Crippen molar-refractivity contribution in [1.29, 1.82) is 0 Å². The Kier molecular flexibility index (Phi) is 4.27. The fourth-order valence-electron chi connectivity index (χ4n) is 2.51. The SMILES string of the molecule is CCNCCS(=O)(=O)NCC1C(C)(C)C1(C)C. The summed E-state index contributed by atoms with van der Waals surface area (Å²) in [6, 6.07) is 0. The van der Waals surface area contributed by atoms with E-state index in [4.69, 9.17) is 0 Å². The topological polar surface area (TPSA) is 58.2 Å². The van der Waals surface area contributed by atoms with Gasteiger partial charge in [0.1, 0.15) is 0 Å². The Hall–Kier alpha value is -0.130. The van der Waals surface area contributed by atoms with Crippen molar-refractivity contribution in [2.45, 2.75) is 34.6 Å². The molecule has 1 saturated carbocycles. The van der Waals surface area contributed by atoms with E-state index in [2.05, 4.69) is 37.7 Å². The third-order valence-electron chi connectivity index (χ3n) is 4.62. The predicted molar refractivity (Wildman–Crippen MR) is 71.4 cm³/mol. The summed E-state index contributed by atoms with van der Waals surface area (Å²) >= 11 is 0. The van der Waals surface area contributed by atoms with Crippen molar-refractivity contribution in [1.82, 2.24) is 10.0 Å². The van der Waals surface area contributed by atoms with Gasteiger partial charge in [-0.05, 0) is 23.3 Å². The molecule has 0 atom stereocenters. The van der Waals surface area contributed by atoms with Gasteiger partial charge >= 0.3 is 0 Å². The van der Waals surface area contributed by atoms with E-state index in [1.165, 1.54) is 0 Å². The van der Waals surface area contributed by atoms with Crippen molar-refractivity contribution in [2.24, 2.45) is 16.7 Å². The highest BCUT2D eigenvalue weighted by molar-refractivity contribution is 7.89. The summed E-state index contributed by atoms with van der Waals surface area (Å²) < 4.78 is 26.1. The molecule has 1 aliphatic rings. The molecule has 0 unspecified atom stereocenters. The number of nitrogens with one attached hydrogen (secondary N) is 2. The van der Waals surface area contributed by atoms with Gasteiger partial charge in [-0.15, -0.1) is 0 Å². The molecule has 17 heavy (non-hydrogen) atoms. The van der Waals surface area contributed by atoms with Crippen LogP contribution in [-0.4, -0.2) is 33.8 Å². The van der Waals surface area contributed by atoms with Crippen molar-refractivity contribution in [2.75, 3.05) is 25.4 Å². The van der Waals surface area contributed by atoms with E-state index in [1.54, 1.807) is 0 Å². The molecule has 102 valence electrons. The van der Waals surface area contributed by atoms with Crippen LogP contribution in [0.2, 0.25) is 0 Å². The van der Waals surface area contributed by atoms with Gasteiger partial charge in [-0.25, -0.2) is 13.1 Å². The summed E-state index contributed by atoms with van der Waals surface area (Å²) in [6.07, 6.45) is 0. The zero-order chi connectivity index (χ0) is 13.3. The number of rotatable bonds is 7. The Labute approximate surface area is 106 Å². The minimum absolute atomic E-state index is 0.161. The lowest BCUT2D eigenvalue weighted by Crippen LogP contribution is -2.33. The lowest BCUT2D eigenvalue weighted by molar-refractivity contribution is 0.457. The largest absolute Gasteiger partial charge is 0.316 e. The van der Waals surface area contributed by atoms with Gasteiger partial charge in [0.2, 0.25) is 10.0 Å². The molecule has 2 N–H and O–H groups in total. The van der Waals surface area contributed by atoms with Crippen LogP contribution in [0.3, 0.4) is 0 Å². The third kappa shape index (κ3) is 3.20. The fourth-order valence-corrected chi connectivity index (χ4v) is 3.49. The Morgan fingerprint density at radius 2 is 1.65 bits per heavy atom. The molecule has 0 bridgehead atoms. The first-order chi connectivity index (χ1) is 7.65. The van der Waals surface area contributed by atoms with Crippen molar-refractivity contribution in [3.63, 3.8) is 0 Å². The smallest absolute Gasteiger partial charge is 0.212 e. The highest BCUT2D eigenvalue weighted by atomic mass is 32.2. The van der Waals surface area contributed by atoms with E-state index < -0.39 is 10.0 Å². The summed E-state index contributed by atoms with van der Waals surface area (Å²) in [5.74, 6) is 0.595. The molecular weight excluding hydrogens is 236 g/mol. The monoisotopic (exact) mass is 262 g/mol. The molecule has 0 radical (unpaired) electrons. The molecule has 5 heteroatoms. The lowest BCUT2D eigenvalue weighted by Gasteiger charge is -2.07. The van der Waals surface area contributed by atoms with E-state index in [0.29, 0.717) is 19.0 Å². The molecule has 0 heterocycles. The van der Waals surface area contributed by atoms with E-state index in [1.807, 2.05) is 6.92 Å². The van der Waals surface area contributed by atoms with Gasteiger partial charge in [0.25, 0.3) is 0 Å². The van der Waals surface area contributed by atoms with Gasteiger partial charge in [-0.1, -0.05) is 34.6 Å². The molecule has 1 fully saturated rings. The van der Waals surface area contributed by atoms with Crippen molar-refractivity contribution in [3.8, 4) is 0 Å². The van der Waals surface area contributed by atoms with Crippen molar-refractivity contribution < 1.29 is 8.42 Å². The zero-order valence-corrected chi connectivity index (χ0v) is 12.4. The summed E-state index contributed by atoms with van der Waals surface area (Å²) in [5.41, 5.74) is 0.467. The van der Waals surface area contributed by atoms with Gasteiger partial charge in [0.05, 0.1) is 5.75 Å². The fraction of sp³-hybridized carbons (Fsp3) is 1.00. The van der Waals surface area contributed by atoms with E-state index in [0.717, 1.165) is 6.54 Å². The van der Waals surface area contributed by atoms with Crippen LogP contribution in [0.5, 0.6) is 0 Å². The molecule has 1 rings (SSSR count). The van der Waals surface area contributed by atoms with Crippen LogP contribution in [0, 0.1) is 16.7 Å². The van der Waals surface area contributed by atoms with Crippen molar-refractivity contribution in [3.05, 3.63) is 0 Å². The second-order valence-electron chi connectivity index (χ2n) is 6.02. The number of hydrogen-bond acceptors (Lipinski definition) is 3. The molecule has 0 aliphatic heterocycles. The average Bonchev–Trinajstić information content (AvgIpc) is 2.55. The van der Waals surface area contributed by atoms with Crippen LogP contribution in [-0.2, 0) is 10.0 Å². The quantitative estimate of drug-likeness (QED) is 0.678. The summed E-state index contributed by atoms with van der Waals surface area (Å²) in [4.78, 5) is 0. The molecule has 0 spiro atoms. The van der Waals surface area contributed by atoms with E-state index in [-0.39, 0.29) is 16.6 Å². The van der Waals surface area contributed by atoms with Crippen LogP contribution < -0.4 is 10.0 Å². The number of sulfonamides is 1. The van der Waals surface area contributed by atoms with Crippen LogP contribution in [0.15, 0.2) is 0 Å². The molecule has 0 amide bonds. The first kappa shape index (κ1) is 14.9. The molecule has 4 nitrogen and oxygen atoms in total. The predicted octanol–water partition coefficient (Wildman–Crippen LogP) is 1.20. The highest BCUT2D eigenvalue weighted by Gasteiger charge is 2.64. The molecule has 0 aromatic carbocycles. The molecule has 0 aromatic heterocycles. The van der Waals surface area contributed by atoms with Gasteiger partial charge in [0, 0.05) is 13.1 Å². The Balaban J connectivity index is 2.37. The first-order valence-electron chi connectivity index (χ1n) is 6.33. The lowest BCUT2D eigenvalue weighted by atomic mass is 10.0. The van der Waals surface area contributed by atoms with Crippen LogP contribution in [0.25, 0.3) is 0 Å². The van der Waals surface area contributed by atoms with Crippen LogP contribution in [0.4, 0.5) is 0 Å². The standard InChI is InChI=1S/C12H26N2O2S/c1-6-13-7-8-17(15,16)14-9-10-11(2,3)12(10,4)5/h10,13-14H,6-9H2,1-5H3. The molecule has 0 saturated heterocycles. The Bertz CT molecular complexity index is 347. The third-order valence-corrected chi connectivity index (χ3v) is 5.97. The second-order valence-corrected chi connectivity index (χ2v) is 7.94.